The highest BCUT2D eigenvalue weighted by Gasteiger charge is 2.43. The highest BCUT2D eigenvalue weighted by atomic mass is 35.5. The van der Waals surface area contributed by atoms with E-state index >= 15 is 0 Å². The molecule has 1 fully saturated rings. The van der Waals surface area contributed by atoms with Gasteiger partial charge in [-0.15, -0.1) is 12.4 Å². The highest BCUT2D eigenvalue weighted by Crippen LogP contribution is 2.36. The van der Waals surface area contributed by atoms with Gasteiger partial charge >= 0.3 is 0 Å². The lowest BCUT2D eigenvalue weighted by atomic mass is 9.74. The summed E-state index contributed by atoms with van der Waals surface area (Å²) in [4.78, 5) is 14.8. The van der Waals surface area contributed by atoms with Crippen molar-refractivity contribution in [3.8, 4) is 11.5 Å². The number of benzene rings is 1. The van der Waals surface area contributed by atoms with E-state index < -0.39 is 11.5 Å². The van der Waals surface area contributed by atoms with Crippen LogP contribution in [0.2, 0.25) is 0 Å². The molecule has 0 unspecified atom stereocenters. The van der Waals surface area contributed by atoms with E-state index in [1.54, 1.807) is 30.2 Å². The van der Waals surface area contributed by atoms with Gasteiger partial charge in [0.2, 0.25) is 0 Å². The Morgan fingerprint density at radius 1 is 1.39 bits per heavy atom. The molecule has 1 aromatic carbocycles. The molecule has 1 aliphatic heterocycles. The van der Waals surface area contributed by atoms with Crippen LogP contribution < -0.4 is 15.2 Å². The lowest BCUT2D eigenvalue weighted by Crippen LogP contribution is -2.55. The van der Waals surface area contributed by atoms with Crippen molar-refractivity contribution >= 4 is 18.3 Å². The second kappa shape index (κ2) is 11.5. The lowest BCUT2D eigenvalue weighted by molar-refractivity contribution is -0.0720. The van der Waals surface area contributed by atoms with E-state index in [0.717, 1.165) is 6.42 Å². The number of carbonyl (C=O) groups excluding carboxylic acids is 1. The van der Waals surface area contributed by atoms with Crippen molar-refractivity contribution in [2.24, 2.45) is 11.1 Å². The molecule has 0 saturated carbocycles. The summed E-state index contributed by atoms with van der Waals surface area (Å²) in [6.07, 6.45) is 2.08. The predicted molar refractivity (Wildman–Crippen MR) is 110 cm³/mol. The Bertz CT molecular complexity index is 631. The fourth-order valence-electron chi connectivity index (χ4n) is 3.67. The van der Waals surface area contributed by atoms with Gasteiger partial charge < -0.3 is 30.3 Å². The van der Waals surface area contributed by atoms with E-state index in [9.17, 15) is 15.0 Å². The van der Waals surface area contributed by atoms with Crippen molar-refractivity contribution in [3.63, 3.8) is 0 Å². The van der Waals surface area contributed by atoms with Gasteiger partial charge in [0.1, 0.15) is 0 Å². The largest absolute Gasteiger partial charge is 0.493 e. The molecule has 0 bridgehead atoms. The SMILES string of the molecule is CCC[C@@]1(CO)CN(C(=O)c2ccc(OC)c(OCCCN)c2)CC[C@@H]1O.Cl. The van der Waals surface area contributed by atoms with Gasteiger partial charge in [0.25, 0.3) is 5.91 Å². The number of methoxy groups -OCH3 is 1. The van der Waals surface area contributed by atoms with Gasteiger partial charge in [-0.2, -0.15) is 0 Å². The molecule has 1 amide bonds. The van der Waals surface area contributed by atoms with Crippen LogP contribution in [0.25, 0.3) is 0 Å². The maximum Gasteiger partial charge on any atom is 0.254 e. The Balaban J connectivity index is 0.00000392. The molecule has 1 saturated heterocycles. The summed E-state index contributed by atoms with van der Waals surface area (Å²) in [5.74, 6) is 0.936. The van der Waals surface area contributed by atoms with Gasteiger partial charge in [0.05, 0.1) is 26.4 Å². The quantitative estimate of drug-likeness (QED) is 0.530. The summed E-state index contributed by atoms with van der Waals surface area (Å²) in [6.45, 7) is 3.65. The fraction of sp³-hybridized carbons (Fsp3) is 0.650. The third kappa shape index (κ3) is 5.50. The Kier molecular flexibility index (Phi) is 10.0. The van der Waals surface area contributed by atoms with Crippen LogP contribution in [0.15, 0.2) is 18.2 Å². The predicted octanol–water partition coefficient (Wildman–Crippen LogP) is 1.83. The number of likely N-dealkylation sites (tertiary alicyclic amines) is 1. The summed E-state index contributed by atoms with van der Waals surface area (Å²) in [5.41, 5.74) is 5.34. The molecular weight excluding hydrogens is 384 g/mol. The first kappa shape index (κ1) is 24.5. The van der Waals surface area contributed by atoms with Crippen molar-refractivity contribution < 1.29 is 24.5 Å². The number of nitrogens with two attached hydrogens (primary N) is 1. The van der Waals surface area contributed by atoms with E-state index in [2.05, 4.69) is 0 Å². The molecule has 1 aliphatic rings. The first-order valence-electron chi connectivity index (χ1n) is 9.60. The Morgan fingerprint density at radius 2 is 2.14 bits per heavy atom. The first-order valence-corrected chi connectivity index (χ1v) is 9.60. The molecule has 0 aliphatic carbocycles. The van der Waals surface area contributed by atoms with Crippen molar-refractivity contribution in [2.75, 3.05) is 40.0 Å². The summed E-state index contributed by atoms with van der Waals surface area (Å²) in [7, 11) is 1.55. The zero-order chi connectivity index (χ0) is 19.9. The smallest absolute Gasteiger partial charge is 0.254 e. The maximum atomic E-state index is 13.0. The third-order valence-electron chi connectivity index (χ3n) is 5.25. The molecule has 0 aromatic heterocycles. The van der Waals surface area contributed by atoms with Crippen LogP contribution in [0.5, 0.6) is 11.5 Å². The molecule has 28 heavy (non-hydrogen) atoms. The molecule has 1 aromatic rings. The minimum Gasteiger partial charge on any atom is -0.493 e. The Morgan fingerprint density at radius 3 is 2.75 bits per heavy atom. The number of piperidine rings is 1. The van der Waals surface area contributed by atoms with Crippen molar-refractivity contribution in [1.29, 1.82) is 0 Å². The number of halogens is 1. The molecule has 0 radical (unpaired) electrons. The highest BCUT2D eigenvalue weighted by molar-refractivity contribution is 5.95. The number of amides is 1. The second-order valence-electron chi connectivity index (χ2n) is 7.16. The van der Waals surface area contributed by atoms with Gasteiger partial charge in [0.15, 0.2) is 11.5 Å². The normalized spacial score (nSPS) is 21.8. The molecule has 4 N–H and O–H groups in total. The number of ether oxygens (including phenoxy) is 2. The lowest BCUT2D eigenvalue weighted by Gasteiger charge is -2.45. The van der Waals surface area contributed by atoms with Gasteiger partial charge in [-0.3, -0.25) is 4.79 Å². The number of nitrogens with zero attached hydrogens (tertiary/aromatic N) is 1. The molecule has 7 nitrogen and oxygen atoms in total. The standard InChI is InChI=1S/C20H32N2O5.ClH/c1-3-8-20(14-23)13-22(10-7-18(20)24)19(25)15-5-6-16(26-2)17(12-15)27-11-4-9-21;/h5-6,12,18,23-24H,3-4,7-11,13-14,21H2,1-2H3;1H/t18-,20-;/m0./s1. The summed E-state index contributed by atoms with van der Waals surface area (Å²) in [5, 5.41) is 20.3. The zero-order valence-electron chi connectivity index (χ0n) is 16.7. The molecular formula is C20H33ClN2O5. The van der Waals surface area contributed by atoms with E-state index in [1.807, 2.05) is 6.92 Å². The second-order valence-corrected chi connectivity index (χ2v) is 7.16. The van der Waals surface area contributed by atoms with E-state index in [0.29, 0.717) is 62.6 Å². The van der Waals surface area contributed by atoms with E-state index in [-0.39, 0.29) is 24.9 Å². The number of aliphatic hydroxyl groups is 2. The van der Waals surface area contributed by atoms with E-state index in [4.69, 9.17) is 15.2 Å². The van der Waals surface area contributed by atoms with Crippen molar-refractivity contribution in [2.45, 2.75) is 38.7 Å². The Labute approximate surface area is 173 Å². The van der Waals surface area contributed by atoms with Gasteiger partial charge in [-0.25, -0.2) is 0 Å². The minimum atomic E-state index is -0.657. The number of aliphatic hydroxyl groups excluding tert-OH is 2. The van der Waals surface area contributed by atoms with Crippen LogP contribution in [-0.4, -0.2) is 67.1 Å². The molecule has 1 heterocycles. The summed E-state index contributed by atoms with van der Waals surface area (Å²) in [6, 6.07) is 5.11. The van der Waals surface area contributed by atoms with Crippen molar-refractivity contribution in [3.05, 3.63) is 23.8 Å². The molecule has 2 rings (SSSR count). The third-order valence-corrected chi connectivity index (χ3v) is 5.25. The van der Waals surface area contributed by atoms with Gasteiger partial charge in [-0.05, 0) is 44.0 Å². The summed E-state index contributed by atoms with van der Waals surface area (Å²) < 4.78 is 11.0. The van der Waals surface area contributed by atoms with Crippen molar-refractivity contribution in [1.82, 2.24) is 4.90 Å². The average Bonchev–Trinajstić information content (AvgIpc) is 2.69. The first-order chi connectivity index (χ1) is 13.0. The molecule has 160 valence electrons. The molecule has 0 spiro atoms. The monoisotopic (exact) mass is 416 g/mol. The van der Waals surface area contributed by atoms with Crippen LogP contribution in [0.1, 0.15) is 43.0 Å². The van der Waals surface area contributed by atoms with Crippen LogP contribution in [0, 0.1) is 5.41 Å². The minimum absolute atomic E-state index is 0. The van der Waals surface area contributed by atoms with E-state index in [1.165, 1.54) is 0 Å². The van der Waals surface area contributed by atoms with Crippen LogP contribution >= 0.6 is 12.4 Å². The zero-order valence-corrected chi connectivity index (χ0v) is 17.5. The average molecular weight is 417 g/mol. The van der Waals surface area contributed by atoms with Gasteiger partial charge in [-0.1, -0.05) is 13.3 Å². The summed E-state index contributed by atoms with van der Waals surface area (Å²) >= 11 is 0. The molecule has 8 heteroatoms. The topological polar surface area (TPSA) is 105 Å². The Hall–Kier alpha value is -1.54. The molecule has 2 atom stereocenters. The fourth-order valence-corrected chi connectivity index (χ4v) is 3.67. The van der Waals surface area contributed by atoms with Crippen LogP contribution in [0.4, 0.5) is 0 Å². The van der Waals surface area contributed by atoms with Gasteiger partial charge in [0, 0.05) is 24.1 Å². The van der Waals surface area contributed by atoms with Crippen LogP contribution in [-0.2, 0) is 0 Å². The number of hydrogen-bond donors (Lipinski definition) is 3. The number of carbonyl (C=O) groups is 1. The maximum absolute atomic E-state index is 13.0. The number of hydrogen-bond acceptors (Lipinski definition) is 6. The van der Waals surface area contributed by atoms with Crippen LogP contribution in [0.3, 0.4) is 0 Å². The number of rotatable bonds is 9.